The van der Waals surface area contributed by atoms with E-state index in [9.17, 15) is 14.4 Å². The molecule has 0 unspecified atom stereocenters. The number of esters is 1. The number of ether oxygens (including phenoxy) is 1. The van der Waals surface area contributed by atoms with Gasteiger partial charge in [0.2, 0.25) is 5.91 Å². The number of hydrogen-bond donors (Lipinski definition) is 2. The summed E-state index contributed by atoms with van der Waals surface area (Å²) in [6, 6.07) is 4.48. The summed E-state index contributed by atoms with van der Waals surface area (Å²) in [6.07, 6.45) is 0.00850. The van der Waals surface area contributed by atoms with E-state index in [1.807, 2.05) is 19.9 Å². The maximum absolute atomic E-state index is 12.3. The van der Waals surface area contributed by atoms with Gasteiger partial charge in [0.05, 0.1) is 13.0 Å². The molecule has 0 aromatic heterocycles. The molecule has 2 atom stereocenters. The number of rotatable bonds is 7. The van der Waals surface area contributed by atoms with Crippen LogP contribution in [0.3, 0.4) is 0 Å². The maximum atomic E-state index is 12.3. The Morgan fingerprint density at radius 2 is 1.74 bits per heavy atom. The first kappa shape index (κ1) is 18.7. The predicted octanol–water partition coefficient (Wildman–Crippen LogP) is 1.48. The molecule has 0 aliphatic heterocycles. The molecule has 0 bridgehead atoms. The Kier molecular flexibility index (Phi) is 6.75. The third-order valence-corrected chi connectivity index (χ3v) is 3.44. The van der Waals surface area contributed by atoms with Crippen molar-refractivity contribution in [1.82, 2.24) is 5.32 Å². The van der Waals surface area contributed by atoms with Crippen molar-refractivity contribution < 1.29 is 19.1 Å². The van der Waals surface area contributed by atoms with Crippen LogP contribution in [0, 0.1) is 19.8 Å². The Bertz CT molecular complexity index is 578. The molecule has 0 aliphatic rings. The molecule has 0 saturated carbocycles. The maximum Gasteiger partial charge on any atom is 0.306 e. The summed E-state index contributed by atoms with van der Waals surface area (Å²) in [5.41, 5.74) is 7.72. The van der Waals surface area contributed by atoms with Gasteiger partial charge < -0.3 is 15.8 Å². The lowest BCUT2D eigenvalue weighted by Crippen LogP contribution is -2.49. The average molecular weight is 320 g/mol. The fraction of sp³-hybridized carbons (Fsp3) is 0.471. The number of benzene rings is 1. The van der Waals surface area contributed by atoms with Gasteiger partial charge in [0.15, 0.2) is 0 Å². The first-order valence-electron chi connectivity index (χ1n) is 7.58. The van der Waals surface area contributed by atoms with Crippen LogP contribution in [-0.2, 0) is 14.3 Å². The lowest BCUT2D eigenvalue weighted by atomic mass is 9.97. The molecule has 1 aromatic carbocycles. The SMILES string of the molecule is CCOC(=O)C[C@H](C)[C@@H](NC(=O)c1cc(C)cc(C)c1)C(N)=O. The smallest absolute Gasteiger partial charge is 0.306 e. The van der Waals surface area contributed by atoms with Gasteiger partial charge >= 0.3 is 5.97 Å². The molecule has 1 aromatic rings. The summed E-state index contributed by atoms with van der Waals surface area (Å²) in [7, 11) is 0. The van der Waals surface area contributed by atoms with Crippen molar-refractivity contribution in [1.29, 1.82) is 0 Å². The molecule has 0 saturated heterocycles. The van der Waals surface area contributed by atoms with Crippen molar-refractivity contribution in [2.45, 2.75) is 40.2 Å². The van der Waals surface area contributed by atoms with E-state index in [0.29, 0.717) is 5.56 Å². The molecule has 0 fully saturated rings. The van der Waals surface area contributed by atoms with Crippen LogP contribution in [0.1, 0.15) is 41.8 Å². The van der Waals surface area contributed by atoms with Gasteiger partial charge in [-0.25, -0.2) is 0 Å². The van der Waals surface area contributed by atoms with Crippen LogP contribution in [0.15, 0.2) is 18.2 Å². The number of carbonyl (C=O) groups excluding carboxylic acids is 3. The van der Waals surface area contributed by atoms with Gasteiger partial charge in [-0.05, 0) is 38.8 Å². The lowest BCUT2D eigenvalue weighted by molar-refractivity contribution is -0.144. The third kappa shape index (κ3) is 5.73. The quantitative estimate of drug-likeness (QED) is 0.743. The monoisotopic (exact) mass is 320 g/mol. The lowest BCUT2D eigenvalue weighted by Gasteiger charge is -2.22. The van der Waals surface area contributed by atoms with Crippen molar-refractivity contribution in [3.8, 4) is 0 Å². The standard InChI is InChI=1S/C17H24N2O4/c1-5-23-14(20)9-12(4)15(16(18)21)19-17(22)13-7-10(2)6-11(3)8-13/h6-8,12,15H,5,9H2,1-4H3,(H2,18,21)(H,19,22)/t12-,15+/m0/s1. The summed E-state index contributed by atoms with van der Waals surface area (Å²) in [5.74, 6) is -1.95. The molecular formula is C17H24N2O4. The number of amides is 2. The summed E-state index contributed by atoms with van der Waals surface area (Å²) in [4.78, 5) is 35.5. The van der Waals surface area contributed by atoms with Gasteiger partial charge in [-0.15, -0.1) is 0 Å². The van der Waals surface area contributed by atoms with E-state index in [2.05, 4.69) is 5.32 Å². The molecule has 23 heavy (non-hydrogen) atoms. The highest BCUT2D eigenvalue weighted by atomic mass is 16.5. The second-order valence-corrected chi connectivity index (χ2v) is 5.72. The van der Waals surface area contributed by atoms with Crippen LogP contribution in [0.2, 0.25) is 0 Å². The van der Waals surface area contributed by atoms with Crippen LogP contribution in [0.4, 0.5) is 0 Å². The predicted molar refractivity (Wildman–Crippen MR) is 86.8 cm³/mol. The molecule has 0 radical (unpaired) electrons. The Morgan fingerprint density at radius 3 is 2.22 bits per heavy atom. The van der Waals surface area contributed by atoms with E-state index < -0.39 is 29.7 Å². The zero-order chi connectivity index (χ0) is 17.6. The van der Waals surface area contributed by atoms with Crippen molar-refractivity contribution in [2.24, 2.45) is 11.7 Å². The highest BCUT2D eigenvalue weighted by Gasteiger charge is 2.27. The van der Waals surface area contributed by atoms with Gasteiger partial charge in [0.25, 0.3) is 5.91 Å². The fourth-order valence-electron chi connectivity index (χ4n) is 2.42. The minimum absolute atomic E-state index is 0.00850. The van der Waals surface area contributed by atoms with Crippen molar-refractivity contribution >= 4 is 17.8 Å². The first-order chi connectivity index (χ1) is 10.7. The van der Waals surface area contributed by atoms with Crippen molar-refractivity contribution in [3.05, 3.63) is 34.9 Å². The minimum Gasteiger partial charge on any atom is -0.466 e. The second-order valence-electron chi connectivity index (χ2n) is 5.72. The number of nitrogens with two attached hydrogens (primary N) is 1. The minimum atomic E-state index is -0.937. The topological polar surface area (TPSA) is 98.5 Å². The zero-order valence-electron chi connectivity index (χ0n) is 14.0. The molecule has 0 aliphatic carbocycles. The van der Waals surface area contributed by atoms with Gasteiger partial charge in [-0.1, -0.05) is 24.1 Å². The number of nitrogens with one attached hydrogen (secondary N) is 1. The van der Waals surface area contributed by atoms with E-state index in [0.717, 1.165) is 11.1 Å². The Hall–Kier alpha value is -2.37. The average Bonchev–Trinajstić information content (AvgIpc) is 2.42. The van der Waals surface area contributed by atoms with Crippen molar-refractivity contribution in [2.75, 3.05) is 6.61 Å². The van der Waals surface area contributed by atoms with E-state index >= 15 is 0 Å². The van der Waals surface area contributed by atoms with E-state index in [1.54, 1.807) is 26.0 Å². The normalized spacial score (nSPS) is 13.0. The Labute approximate surface area is 136 Å². The molecule has 3 N–H and O–H groups in total. The summed E-state index contributed by atoms with van der Waals surface area (Å²) in [6.45, 7) is 7.42. The van der Waals surface area contributed by atoms with E-state index in [4.69, 9.17) is 10.5 Å². The number of carbonyl (C=O) groups is 3. The van der Waals surface area contributed by atoms with Gasteiger partial charge in [0.1, 0.15) is 6.04 Å². The molecule has 0 spiro atoms. The fourth-order valence-corrected chi connectivity index (χ4v) is 2.42. The van der Waals surface area contributed by atoms with Gasteiger partial charge in [-0.3, -0.25) is 14.4 Å². The van der Waals surface area contributed by atoms with Gasteiger partial charge in [-0.2, -0.15) is 0 Å². The van der Waals surface area contributed by atoms with Gasteiger partial charge in [0, 0.05) is 5.56 Å². The van der Waals surface area contributed by atoms with Crippen LogP contribution in [0.5, 0.6) is 0 Å². The van der Waals surface area contributed by atoms with Crippen LogP contribution < -0.4 is 11.1 Å². The molecule has 0 heterocycles. The van der Waals surface area contributed by atoms with Crippen LogP contribution in [-0.4, -0.2) is 30.4 Å². The summed E-state index contributed by atoms with van der Waals surface area (Å²) >= 11 is 0. The summed E-state index contributed by atoms with van der Waals surface area (Å²) in [5, 5.41) is 2.61. The molecule has 126 valence electrons. The zero-order valence-corrected chi connectivity index (χ0v) is 14.0. The molecular weight excluding hydrogens is 296 g/mol. The van der Waals surface area contributed by atoms with Crippen LogP contribution in [0.25, 0.3) is 0 Å². The number of primary amides is 1. The van der Waals surface area contributed by atoms with Crippen LogP contribution >= 0.6 is 0 Å². The number of aryl methyl sites for hydroxylation is 2. The molecule has 2 amide bonds. The number of hydrogen-bond acceptors (Lipinski definition) is 4. The highest BCUT2D eigenvalue weighted by Crippen LogP contribution is 2.13. The Morgan fingerprint density at radius 1 is 1.17 bits per heavy atom. The van der Waals surface area contributed by atoms with E-state index in [-0.39, 0.29) is 13.0 Å². The highest BCUT2D eigenvalue weighted by molar-refractivity contribution is 5.97. The third-order valence-electron chi connectivity index (χ3n) is 3.44. The first-order valence-corrected chi connectivity index (χ1v) is 7.58. The summed E-state index contributed by atoms with van der Waals surface area (Å²) < 4.78 is 4.86. The largest absolute Gasteiger partial charge is 0.466 e. The second kappa shape index (κ2) is 8.31. The molecule has 6 heteroatoms. The van der Waals surface area contributed by atoms with Crippen molar-refractivity contribution in [3.63, 3.8) is 0 Å². The Balaban J connectivity index is 2.84. The molecule has 6 nitrogen and oxygen atoms in total. The van der Waals surface area contributed by atoms with E-state index in [1.165, 1.54) is 0 Å². The molecule has 1 rings (SSSR count).